The zero-order valence-electron chi connectivity index (χ0n) is 5.96. The standard InChI is InChI=1S/C8H10O2/c1-3-4-7-5-6(2)8(9)10-7/h3,5,7H,1,4H2,2H3/t7-/m1/s1. The largest absolute Gasteiger partial charge is 0.454 e. The summed E-state index contributed by atoms with van der Waals surface area (Å²) in [6.45, 7) is 5.31. The van der Waals surface area contributed by atoms with Gasteiger partial charge in [0.05, 0.1) is 0 Å². The second-order valence-corrected chi connectivity index (χ2v) is 2.32. The third-order valence-corrected chi connectivity index (χ3v) is 1.42. The van der Waals surface area contributed by atoms with Crippen LogP contribution in [0.15, 0.2) is 24.3 Å². The minimum Gasteiger partial charge on any atom is -0.454 e. The first-order valence-corrected chi connectivity index (χ1v) is 3.24. The summed E-state index contributed by atoms with van der Waals surface area (Å²) < 4.78 is 4.91. The van der Waals surface area contributed by atoms with Crippen molar-refractivity contribution in [2.45, 2.75) is 19.4 Å². The molecular formula is C8H10O2. The van der Waals surface area contributed by atoms with E-state index in [-0.39, 0.29) is 12.1 Å². The fraction of sp³-hybridized carbons (Fsp3) is 0.375. The Morgan fingerprint density at radius 3 is 3.00 bits per heavy atom. The van der Waals surface area contributed by atoms with Gasteiger partial charge in [-0.15, -0.1) is 6.58 Å². The van der Waals surface area contributed by atoms with Crippen LogP contribution in [0, 0.1) is 0 Å². The minimum atomic E-state index is -0.202. The lowest BCUT2D eigenvalue weighted by Gasteiger charge is -2.02. The lowest BCUT2D eigenvalue weighted by atomic mass is 10.2. The van der Waals surface area contributed by atoms with E-state index in [9.17, 15) is 4.79 Å². The smallest absolute Gasteiger partial charge is 0.334 e. The molecule has 0 aromatic carbocycles. The van der Waals surface area contributed by atoms with Gasteiger partial charge in [0, 0.05) is 12.0 Å². The molecule has 0 aromatic heterocycles. The van der Waals surface area contributed by atoms with Crippen LogP contribution >= 0.6 is 0 Å². The van der Waals surface area contributed by atoms with Crippen LogP contribution in [0.5, 0.6) is 0 Å². The number of rotatable bonds is 2. The summed E-state index contributed by atoms with van der Waals surface area (Å²) >= 11 is 0. The van der Waals surface area contributed by atoms with E-state index in [0.29, 0.717) is 12.0 Å². The molecule has 0 unspecified atom stereocenters. The summed E-state index contributed by atoms with van der Waals surface area (Å²) in [5.41, 5.74) is 0.701. The first-order chi connectivity index (χ1) is 4.74. The molecule has 2 nitrogen and oxygen atoms in total. The maximum Gasteiger partial charge on any atom is 0.334 e. The predicted octanol–water partition coefficient (Wildman–Crippen LogP) is 1.43. The topological polar surface area (TPSA) is 26.3 Å². The Morgan fingerprint density at radius 1 is 1.90 bits per heavy atom. The number of cyclic esters (lactones) is 1. The van der Waals surface area contributed by atoms with Crippen LogP contribution in [0.2, 0.25) is 0 Å². The SMILES string of the molecule is C=CC[C@@H]1C=C(C)C(=O)O1. The van der Waals surface area contributed by atoms with Gasteiger partial charge in [-0.1, -0.05) is 6.08 Å². The third kappa shape index (κ3) is 1.26. The van der Waals surface area contributed by atoms with E-state index in [2.05, 4.69) is 6.58 Å². The van der Waals surface area contributed by atoms with Crippen molar-refractivity contribution in [3.8, 4) is 0 Å². The predicted molar refractivity (Wildman–Crippen MR) is 38.5 cm³/mol. The molecule has 10 heavy (non-hydrogen) atoms. The van der Waals surface area contributed by atoms with Crippen molar-refractivity contribution < 1.29 is 9.53 Å². The second-order valence-electron chi connectivity index (χ2n) is 2.32. The van der Waals surface area contributed by atoms with Crippen molar-refractivity contribution in [1.29, 1.82) is 0 Å². The lowest BCUT2D eigenvalue weighted by Crippen LogP contribution is -2.06. The van der Waals surface area contributed by atoms with Gasteiger partial charge in [-0.3, -0.25) is 0 Å². The molecule has 0 spiro atoms. The number of ether oxygens (including phenoxy) is 1. The molecule has 0 amide bonds. The normalized spacial score (nSPS) is 23.9. The second kappa shape index (κ2) is 2.69. The average molecular weight is 138 g/mol. The Balaban J connectivity index is 2.56. The molecule has 1 heterocycles. The molecule has 0 fully saturated rings. The molecule has 1 rings (SSSR count). The van der Waals surface area contributed by atoms with Gasteiger partial charge in [-0.2, -0.15) is 0 Å². The summed E-state index contributed by atoms with van der Waals surface area (Å²) in [6, 6.07) is 0. The van der Waals surface area contributed by atoms with Crippen molar-refractivity contribution >= 4 is 5.97 Å². The van der Waals surface area contributed by atoms with Crippen LogP contribution in [-0.4, -0.2) is 12.1 Å². The monoisotopic (exact) mass is 138 g/mol. The van der Waals surface area contributed by atoms with Crippen molar-refractivity contribution in [2.24, 2.45) is 0 Å². The number of esters is 1. The van der Waals surface area contributed by atoms with Gasteiger partial charge in [0.1, 0.15) is 6.10 Å². The Bertz CT molecular complexity index is 191. The molecular weight excluding hydrogens is 128 g/mol. The van der Waals surface area contributed by atoms with Gasteiger partial charge in [0.15, 0.2) is 0 Å². The zero-order chi connectivity index (χ0) is 7.56. The van der Waals surface area contributed by atoms with Crippen molar-refractivity contribution in [1.82, 2.24) is 0 Å². The molecule has 0 radical (unpaired) electrons. The van der Waals surface area contributed by atoms with Gasteiger partial charge >= 0.3 is 5.97 Å². The van der Waals surface area contributed by atoms with E-state index in [1.165, 1.54) is 0 Å². The van der Waals surface area contributed by atoms with Crippen LogP contribution in [0.4, 0.5) is 0 Å². The van der Waals surface area contributed by atoms with Crippen LogP contribution in [0.3, 0.4) is 0 Å². The van der Waals surface area contributed by atoms with Crippen molar-refractivity contribution in [2.75, 3.05) is 0 Å². The number of hydrogen-bond acceptors (Lipinski definition) is 2. The van der Waals surface area contributed by atoms with Crippen LogP contribution in [-0.2, 0) is 9.53 Å². The quantitative estimate of drug-likeness (QED) is 0.426. The summed E-state index contributed by atoms with van der Waals surface area (Å²) in [7, 11) is 0. The van der Waals surface area contributed by atoms with Crippen LogP contribution in [0.1, 0.15) is 13.3 Å². The maximum atomic E-state index is 10.7. The van der Waals surface area contributed by atoms with Crippen molar-refractivity contribution in [3.05, 3.63) is 24.3 Å². The van der Waals surface area contributed by atoms with Gasteiger partial charge in [0.25, 0.3) is 0 Å². The number of hydrogen-bond donors (Lipinski definition) is 0. The van der Waals surface area contributed by atoms with Gasteiger partial charge in [0.2, 0.25) is 0 Å². The van der Waals surface area contributed by atoms with Crippen LogP contribution in [0.25, 0.3) is 0 Å². The Kier molecular flexibility index (Phi) is 1.90. The molecule has 0 saturated heterocycles. The highest BCUT2D eigenvalue weighted by Crippen LogP contribution is 2.15. The highest BCUT2D eigenvalue weighted by molar-refractivity contribution is 5.90. The first kappa shape index (κ1) is 7.06. The molecule has 0 saturated carbocycles. The fourth-order valence-electron chi connectivity index (χ4n) is 0.892. The molecule has 54 valence electrons. The van der Waals surface area contributed by atoms with E-state index in [1.54, 1.807) is 13.0 Å². The van der Waals surface area contributed by atoms with Gasteiger partial charge in [-0.05, 0) is 13.0 Å². The van der Waals surface area contributed by atoms with E-state index in [0.717, 1.165) is 0 Å². The Morgan fingerprint density at radius 2 is 2.60 bits per heavy atom. The van der Waals surface area contributed by atoms with Gasteiger partial charge in [-0.25, -0.2) is 4.79 Å². The van der Waals surface area contributed by atoms with Gasteiger partial charge < -0.3 is 4.74 Å². The summed E-state index contributed by atoms with van der Waals surface area (Å²) in [6.07, 6.45) is 4.21. The molecule has 1 aliphatic heterocycles. The Hall–Kier alpha value is -1.05. The first-order valence-electron chi connectivity index (χ1n) is 3.24. The summed E-state index contributed by atoms with van der Waals surface area (Å²) in [4.78, 5) is 10.7. The molecule has 0 N–H and O–H groups in total. The molecule has 1 aliphatic rings. The molecule has 1 atom stereocenters. The highest BCUT2D eigenvalue weighted by Gasteiger charge is 2.20. The minimum absolute atomic E-state index is 0.0648. The maximum absolute atomic E-state index is 10.7. The molecule has 2 heteroatoms. The molecule has 0 aromatic rings. The van der Waals surface area contributed by atoms with Crippen molar-refractivity contribution in [3.63, 3.8) is 0 Å². The van der Waals surface area contributed by atoms with E-state index >= 15 is 0 Å². The summed E-state index contributed by atoms with van der Waals surface area (Å²) in [5.74, 6) is -0.202. The zero-order valence-corrected chi connectivity index (χ0v) is 5.96. The third-order valence-electron chi connectivity index (χ3n) is 1.42. The lowest BCUT2D eigenvalue weighted by molar-refractivity contribution is -0.139. The number of carbonyl (C=O) groups is 1. The Labute approximate surface area is 60.2 Å². The summed E-state index contributed by atoms with van der Waals surface area (Å²) in [5, 5.41) is 0. The molecule has 0 bridgehead atoms. The van der Waals surface area contributed by atoms with Crippen LogP contribution < -0.4 is 0 Å². The highest BCUT2D eigenvalue weighted by atomic mass is 16.5. The van der Waals surface area contributed by atoms with E-state index in [4.69, 9.17) is 4.74 Å². The van der Waals surface area contributed by atoms with E-state index in [1.807, 2.05) is 6.08 Å². The fourth-order valence-corrected chi connectivity index (χ4v) is 0.892. The number of carbonyl (C=O) groups excluding carboxylic acids is 1. The van der Waals surface area contributed by atoms with E-state index < -0.39 is 0 Å². The average Bonchev–Trinajstić information content (AvgIpc) is 2.14. The molecule has 0 aliphatic carbocycles.